The number of para-hydroxylation sites is 1. The van der Waals surface area contributed by atoms with Gasteiger partial charge in [-0.05, 0) is 42.8 Å². The fraction of sp³-hybridized carbons (Fsp3) is 0.148. The summed E-state index contributed by atoms with van der Waals surface area (Å²) in [7, 11) is 0. The van der Waals surface area contributed by atoms with Gasteiger partial charge in [-0.1, -0.05) is 48.5 Å². The van der Waals surface area contributed by atoms with Crippen molar-refractivity contribution in [2.75, 3.05) is 5.32 Å². The molecule has 3 aromatic carbocycles. The molecule has 1 aromatic heterocycles. The molecule has 1 amide bonds. The average molecular weight is 458 g/mol. The molecule has 172 valence electrons. The van der Waals surface area contributed by atoms with E-state index in [4.69, 9.17) is 9.15 Å². The van der Waals surface area contributed by atoms with Crippen molar-refractivity contribution in [3.63, 3.8) is 0 Å². The fourth-order valence-electron chi connectivity index (χ4n) is 3.39. The molecule has 1 atom stereocenters. The first-order valence-corrected chi connectivity index (χ1v) is 10.8. The van der Waals surface area contributed by atoms with Gasteiger partial charge in [-0.3, -0.25) is 9.59 Å². The highest BCUT2D eigenvalue weighted by Crippen LogP contribution is 2.27. The van der Waals surface area contributed by atoms with Crippen molar-refractivity contribution in [1.82, 2.24) is 4.98 Å². The Hall–Kier alpha value is -4.26. The highest BCUT2D eigenvalue weighted by atomic mass is 19.1. The highest BCUT2D eigenvalue weighted by Gasteiger charge is 2.20. The minimum Gasteiger partial charge on any atom is -0.453 e. The SMILES string of the molecule is CC(OC(=O)CCc1ncc(-c2ccc(F)cc2)o1)C(=O)Nc1ccccc1-c1ccccc1. The van der Waals surface area contributed by atoms with Gasteiger partial charge in [-0.25, -0.2) is 9.37 Å². The number of amides is 1. The summed E-state index contributed by atoms with van der Waals surface area (Å²) < 4.78 is 24.0. The van der Waals surface area contributed by atoms with Crippen LogP contribution in [0.3, 0.4) is 0 Å². The Morgan fingerprint density at radius 1 is 0.971 bits per heavy atom. The summed E-state index contributed by atoms with van der Waals surface area (Å²) in [5, 5.41) is 2.84. The standard InChI is InChI=1S/C27H23FN2O4/c1-18(27(32)30-23-10-6-5-9-22(23)19-7-3-2-4-8-19)33-26(31)16-15-25-29-17-24(34-25)20-11-13-21(28)14-12-20/h2-14,17-18H,15-16H2,1H3,(H,30,32). The Kier molecular flexibility index (Phi) is 7.13. The Morgan fingerprint density at radius 3 is 2.44 bits per heavy atom. The van der Waals surface area contributed by atoms with Crippen molar-refractivity contribution in [3.05, 3.63) is 96.8 Å². The van der Waals surface area contributed by atoms with Crippen LogP contribution in [-0.4, -0.2) is 23.0 Å². The number of carbonyl (C=O) groups excluding carboxylic acids is 2. The van der Waals surface area contributed by atoms with E-state index < -0.39 is 18.0 Å². The number of hydrogen-bond acceptors (Lipinski definition) is 5. The normalized spacial score (nSPS) is 11.6. The predicted molar refractivity (Wildman–Crippen MR) is 126 cm³/mol. The van der Waals surface area contributed by atoms with E-state index in [1.54, 1.807) is 18.2 Å². The summed E-state index contributed by atoms with van der Waals surface area (Å²) in [6.45, 7) is 1.52. The van der Waals surface area contributed by atoms with Crippen LogP contribution in [0.25, 0.3) is 22.5 Å². The summed E-state index contributed by atoms with van der Waals surface area (Å²) in [4.78, 5) is 29.1. The molecule has 0 saturated heterocycles. The molecule has 0 aliphatic carbocycles. The van der Waals surface area contributed by atoms with E-state index in [2.05, 4.69) is 10.3 Å². The number of oxazole rings is 1. The lowest BCUT2D eigenvalue weighted by Gasteiger charge is -2.15. The van der Waals surface area contributed by atoms with Gasteiger partial charge in [0.15, 0.2) is 17.8 Å². The average Bonchev–Trinajstić information content (AvgIpc) is 3.33. The Labute approximate surface area is 196 Å². The monoisotopic (exact) mass is 458 g/mol. The second kappa shape index (κ2) is 10.6. The second-order valence-electron chi connectivity index (χ2n) is 7.66. The molecule has 0 radical (unpaired) electrons. The maximum absolute atomic E-state index is 13.1. The number of benzene rings is 3. The quantitative estimate of drug-likeness (QED) is 0.345. The van der Waals surface area contributed by atoms with Crippen molar-refractivity contribution >= 4 is 17.6 Å². The maximum Gasteiger partial charge on any atom is 0.307 e. The topological polar surface area (TPSA) is 81.4 Å². The summed E-state index contributed by atoms with van der Waals surface area (Å²) in [6, 6.07) is 23.0. The number of aromatic nitrogens is 1. The molecule has 7 heteroatoms. The van der Waals surface area contributed by atoms with Gasteiger partial charge in [0.2, 0.25) is 0 Å². The zero-order valence-corrected chi connectivity index (χ0v) is 18.5. The zero-order chi connectivity index (χ0) is 23.9. The van der Waals surface area contributed by atoms with E-state index in [9.17, 15) is 14.0 Å². The van der Waals surface area contributed by atoms with E-state index in [0.717, 1.165) is 11.1 Å². The molecule has 1 N–H and O–H groups in total. The van der Waals surface area contributed by atoms with Crippen molar-refractivity contribution in [3.8, 4) is 22.5 Å². The molecule has 0 saturated carbocycles. The molecule has 0 fully saturated rings. The van der Waals surface area contributed by atoms with Crippen LogP contribution in [0.2, 0.25) is 0 Å². The number of ether oxygens (including phenoxy) is 1. The van der Waals surface area contributed by atoms with E-state index in [-0.39, 0.29) is 18.7 Å². The summed E-state index contributed by atoms with van der Waals surface area (Å²) >= 11 is 0. The number of aryl methyl sites for hydroxylation is 1. The van der Waals surface area contributed by atoms with Gasteiger partial charge in [-0.15, -0.1) is 0 Å². The van der Waals surface area contributed by atoms with Gasteiger partial charge >= 0.3 is 5.97 Å². The molecule has 34 heavy (non-hydrogen) atoms. The smallest absolute Gasteiger partial charge is 0.307 e. The Balaban J connectivity index is 1.31. The van der Waals surface area contributed by atoms with Crippen LogP contribution in [-0.2, 0) is 20.7 Å². The molecular formula is C27H23FN2O4. The van der Waals surface area contributed by atoms with Crippen LogP contribution in [0.4, 0.5) is 10.1 Å². The maximum atomic E-state index is 13.1. The molecule has 1 unspecified atom stereocenters. The number of carbonyl (C=O) groups is 2. The van der Waals surface area contributed by atoms with E-state index in [1.165, 1.54) is 25.3 Å². The van der Waals surface area contributed by atoms with Crippen LogP contribution < -0.4 is 5.32 Å². The van der Waals surface area contributed by atoms with Gasteiger partial charge in [0.25, 0.3) is 5.91 Å². The third-order valence-electron chi connectivity index (χ3n) is 5.17. The van der Waals surface area contributed by atoms with Crippen LogP contribution >= 0.6 is 0 Å². The number of esters is 1. The van der Waals surface area contributed by atoms with Crippen LogP contribution in [0, 0.1) is 5.82 Å². The number of halogens is 1. The van der Waals surface area contributed by atoms with Gasteiger partial charge < -0.3 is 14.5 Å². The second-order valence-corrected chi connectivity index (χ2v) is 7.66. The third kappa shape index (κ3) is 5.75. The lowest BCUT2D eigenvalue weighted by molar-refractivity contribution is -0.153. The predicted octanol–water partition coefficient (Wildman–Crippen LogP) is 5.65. The van der Waals surface area contributed by atoms with E-state index in [1.807, 2.05) is 48.5 Å². The lowest BCUT2D eigenvalue weighted by atomic mass is 10.0. The minimum atomic E-state index is -0.976. The molecule has 1 heterocycles. The highest BCUT2D eigenvalue weighted by molar-refractivity contribution is 5.98. The first-order valence-electron chi connectivity index (χ1n) is 10.8. The fourth-order valence-corrected chi connectivity index (χ4v) is 3.39. The van der Waals surface area contributed by atoms with Gasteiger partial charge in [0.1, 0.15) is 5.82 Å². The number of hydrogen-bond donors (Lipinski definition) is 1. The van der Waals surface area contributed by atoms with Gasteiger partial charge in [0, 0.05) is 23.2 Å². The third-order valence-corrected chi connectivity index (χ3v) is 5.17. The Bertz CT molecular complexity index is 1270. The largest absolute Gasteiger partial charge is 0.453 e. The van der Waals surface area contributed by atoms with Crippen LogP contribution in [0.1, 0.15) is 19.2 Å². The first-order chi connectivity index (χ1) is 16.5. The first kappa shape index (κ1) is 22.9. The van der Waals surface area contributed by atoms with E-state index in [0.29, 0.717) is 22.9 Å². The molecule has 6 nitrogen and oxygen atoms in total. The summed E-state index contributed by atoms with van der Waals surface area (Å²) in [6.07, 6.45) is 0.761. The van der Waals surface area contributed by atoms with Gasteiger partial charge in [0.05, 0.1) is 12.6 Å². The van der Waals surface area contributed by atoms with Crippen molar-refractivity contribution < 1.29 is 23.1 Å². The summed E-state index contributed by atoms with van der Waals surface area (Å²) in [5.74, 6) is -0.474. The number of nitrogens with one attached hydrogen (secondary N) is 1. The van der Waals surface area contributed by atoms with Crippen LogP contribution in [0.5, 0.6) is 0 Å². The molecule has 4 rings (SSSR count). The van der Waals surface area contributed by atoms with Crippen LogP contribution in [0.15, 0.2) is 89.5 Å². The molecule has 4 aromatic rings. The number of anilines is 1. The summed E-state index contributed by atoms with van der Waals surface area (Å²) in [5.41, 5.74) is 3.16. The van der Waals surface area contributed by atoms with Crippen molar-refractivity contribution in [1.29, 1.82) is 0 Å². The molecule has 0 bridgehead atoms. The molecule has 0 aliphatic heterocycles. The number of nitrogens with zero attached hydrogens (tertiary/aromatic N) is 1. The Morgan fingerprint density at radius 2 is 1.68 bits per heavy atom. The molecular weight excluding hydrogens is 435 g/mol. The number of rotatable bonds is 8. The lowest BCUT2D eigenvalue weighted by Crippen LogP contribution is -2.30. The zero-order valence-electron chi connectivity index (χ0n) is 18.5. The molecule has 0 spiro atoms. The van der Waals surface area contributed by atoms with E-state index >= 15 is 0 Å². The van der Waals surface area contributed by atoms with Crippen molar-refractivity contribution in [2.24, 2.45) is 0 Å². The minimum absolute atomic E-state index is 0.00158. The van der Waals surface area contributed by atoms with Gasteiger partial charge in [-0.2, -0.15) is 0 Å². The van der Waals surface area contributed by atoms with Crippen molar-refractivity contribution in [2.45, 2.75) is 25.9 Å². The molecule has 0 aliphatic rings.